The normalized spacial score (nSPS) is 18.8. The number of carbonyl (C=O) groups is 1. The quantitative estimate of drug-likeness (QED) is 0.418. The highest BCUT2D eigenvalue weighted by molar-refractivity contribution is 6.11. The molecule has 1 saturated heterocycles. The van der Waals surface area contributed by atoms with Gasteiger partial charge in [0.05, 0.1) is 0 Å². The summed E-state index contributed by atoms with van der Waals surface area (Å²) in [5.41, 5.74) is 1.77. The molecule has 0 radical (unpaired) electrons. The summed E-state index contributed by atoms with van der Waals surface area (Å²) in [5, 5.41) is 24.5. The van der Waals surface area contributed by atoms with Gasteiger partial charge in [0.2, 0.25) is 0 Å². The third-order valence-corrected chi connectivity index (χ3v) is 3.79. The first kappa shape index (κ1) is 17.8. The lowest BCUT2D eigenvalue weighted by atomic mass is 9.78. The number of nitrogens with one attached hydrogen (secondary N) is 1. The molecule has 130 valence electrons. The first-order valence-electron chi connectivity index (χ1n) is 7.74. The van der Waals surface area contributed by atoms with Gasteiger partial charge in [-0.15, -0.1) is 0 Å². The average molecular weight is 332 g/mol. The number of amidine groups is 1. The molecule has 1 fully saturated rings. The van der Waals surface area contributed by atoms with Crippen LogP contribution in [0.5, 0.6) is 5.75 Å². The van der Waals surface area contributed by atoms with Crippen molar-refractivity contribution in [3.63, 3.8) is 0 Å². The number of nitrogens with zero attached hydrogens (tertiary/aromatic N) is 1. The summed E-state index contributed by atoms with van der Waals surface area (Å²) in [7, 11) is 0. The molecule has 1 aromatic rings. The van der Waals surface area contributed by atoms with Gasteiger partial charge in [-0.1, -0.05) is 41.5 Å². The molecule has 24 heavy (non-hydrogen) atoms. The van der Waals surface area contributed by atoms with Gasteiger partial charge in [0.25, 0.3) is 5.91 Å². The first-order chi connectivity index (χ1) is 10.9. The van der Waals surface area contributed by atoms with Gasteiger partial charge in [0.1, 0.15) is 5.75 Å². The summed E-state index contributed by atoms with van der Waals surface area (Å²) in [6.07, 6.45) is 1.57. The number of benzene rings is 1. The Morgan fingerprint density at radius 1 is 1.08 bits per heavy atom. The Balaban J connectivity index is 2.62. The van der Waals surface area contributed by atoms with Crippen LogP contribution in [-0.2, 0) is 20.4 Å². The second-order valence-corrected chi connectivity index (χ2v) is 7.93. The number of hydrogen-bond donors (Lipinski definition) is 3. The van der Waals surface area contributed by atoms with E-state index in [1.165, 1.54) is 0 Å². The first-order valence-corrected chi connectivity index (χ1v) is 7.74. The van der Waals surface area contributed by atoms with Crippen molar-refractivity contribution in [2.45, 2.75) is 52.4 Å². The lowest BCUT2D eigenvalue weighted by molar-refractivity contribution is -0.116. The number of phenolic OH excluding ortho intramolecular Hbond substituents is 1. The third-order valence-electron chi connectivity index (χ3n) is 3.79. The van der Waals surface area contributed by atoms with E-state index in [0.29, 0.717) is 0 Å². The largest absolute Gasteiger partial charge is 0.507 e. The molecular weight excluding hydrogens is 308 g/mol. The van der Waals surface area contributed by atoms with Crippen LogP contribution in [0, 0.1) is 0 Å². The molecule has 0 spiro atoms. The molecule has 1 aliphatic rings. The maximum absolute atomic E-state index is 11.8. The maximum atomic E-state index is 11.8. The fourth-order valence-corrected chi connectivity index (χ4v) is 2.51. The number of rotatable bonds is 1. The Kier molecular flexibility index (Phi) is 4.35. The molecule has 6 nitrogen and oxygen atoms in total. The summed E-state index contributed by atoms with van der Waals surface area (Å²) >= 11 is 0. The molecule has 0 saturated carbocycles. The van der Waals surface area contributed by atoms with Crippen molar-refractivity contribution in [3.05, 3.63) is 34.6 Å². The minimum Gasteiger partial charge on any atom is -0.507 e. The highest BCUT2D eigenvalue weighted by Gasteiger charge is 2.28. The van der Waals surface area contributed by atoms with Crippen molar-refractivity contribution in [2.24, 2.45) is 5.16 Å². The van der Waals surface area contributed by atoms with E-state index in [1.807, 2.05) is 53.7 Å². The van der Waals surface area contributed by atoms with E-state index in [4.69, 9.17) is 9.94 Å². The Morgan fingerprint density at radius 3 is 1.96 bits per heavy atom. The molecule has 1 aliphatic heterocycles. The van der Waals surface area contributed by atoms with Gasteiger partial charge in [-0.2, -0.15) is 0 Å². The van der Waals surface area contributed by atoms with Crippen molar-refractivity contribution in [1.82, 2.24) is 5.32 Å². The van der Waals surface area contributed by atoms with Crippen LogP contribution in [0.25, 0.3) is 6.08 Å². The highest BCUT2D eigenvalue weighted by atomic mass is 16.6. The van der Waals surface area contributed by atoms with Gasteiger partial charge in [0.15, 0.2) is 5.76 Å². The lowest BCUT2D eigenvalue weighted by Gasteiger charge is -2.27. The Morgan fingerprint density at radius 2 is 1.58 bits per heavy atom. The zero-order chi connectivity index (χ0) is 18.3. The van der Waals surface area contributed by atoms with E-state index >= 15 is 0 Å². The van der Waals surface area contributed by atoms with Gasteiger partial charge >= 0.3 is 6.02 Å². The predicted octanol–water partition coefficient (Wildman–Crippen LogP) is 3.22. The van der Waals surface area contributed by atoms with Crippen LogP contribution < -0.4 is 5.32 Å². The summed E-state index contributed by atoms with van der Waals surface area (Å²) in [5.74, 6) is -0.176. The highest BCUT2D eigenvalue weighted by Crippen LogP contribution is 2.40. The topological polar surface area (TPSA) is 91.2 Å². The van der Waals surface area contributed by atoms with E-state index in [-0.39, 0.29) is 28.4 Å². The van der Waals surface area contributed by atoms with Crippen LogP contribution >= 0.6 is 0 Å². The van der Waals surface area contributed by atoms with Gasteiger partial charge in [0, 0.05) is 11.1 Å². The van der Waals surface area contributed by atoms with Gasteiger partial charge < -0.3 is 15.1 Å². The van der Waals surface area contributed by atoms with E-state index < -0.39 is 5.91 Å². The molecule has 0 aromatic heterocycles. The molecule has 0 bridgehead atoms. The van der Waals surface area contributed by atoms with Crippen LogP contribution in [-0.4, -0.2) is 22.2 Å². The molecule has 1 aromatic carbocycles. The SMILES string of the molecule is CC(C)(C)c1cc(/C=C2\O/C(=N\O)NC2=O)cc(C(C)(C)C)c1O. The molecule has 6 heteroatoms. The fraction of sp³-hybridized carbons (Fsp3) is 0.444. The molecule has 0 atom stereocenters. The van der Waals surface area contributed by atoms with E-state index in [1.54, 1.807) is 6.08 Å². The number of oxime groups is 1. The van der Waals surface area contributed by atoms with E-state index in [0.717, 1.165) is 16.7 Å². The standard InChI is InChI=1S/C18H24N2O4/c1-17(2,3)11-7-10(8-12(14(11)21)18(4,5)6)9-13-15(22)19-16(20-23)24-13/h7-9,21,23H,1-6H3,(H,19,20,22)/b13-9-. The average Bonchev–Trinajstić information content (AvgIpc) is 2.78. The zero-order valence-electron chi connectivity index (χ0n) is 14.9. The number of hydrogen-bond acceptors (Lipinski definition) is 5. The van der Waals surface area contributed by atoms with E-state index in [9.17, 15) is 9.90 Å². The maximum Gasteiger partial charge on any atom is 0.336 e. The number of aromatic hydroxyl groups is 1. The minimum absolute atomic E-state index is 0.0354. The van der Waals surface area contributed by atoms with Crippen LogP contribution in [0.1, 0.15) is 58.2 Å². The molecule has 1 heterocycles. The van der Waals surface area contributed by atoms with Crippen LogP contribution in [0.2, 0.25) is 0 Å². The molecule has 0 unspecified atom stereocenters. The summed E-state index contributed by atoms with van der Waals surface area (Å²) < 4.78 is 5.15. The molecule has 2 rings (SSSR count). The van der Waals surface area contributed by atoms with Crippen LogP contribution in [0.15, 0.2) is 23.0 Å². The van der Waals surface area contributed by atoms with Crippen molar-refractivity contribution in [1.29, 1.82) is 0 Å². The van der Waals surface area contributed by atoms with Gasteiger partial charge in [-0.05, 0) is 39.8 Å². The van der Waals surface area contributed by atoms with E-state index in [2.05, 4.69) is 10.5 Å². The molecular formula is C18H24N2O4. The Labute approximate surface area is 141 Å². The Hall–Kier alpha value is -2.50. The summed E-state index contributed by atoms with van der Waals surface area (Å²) in [6, 6.07) is 3.42. The van der Waals surface area contributed by atoms with Gasteiger partial charge in [-0.25, -0.2) is 0 Å². The van der Waals surface area contributed by atoms with Gasteiger partial charge in [-0.3, -0.25) is 10.1 Å². The number of amides is 1. The van der Waals surface area contributed by atoms with Crippen molar-refractivity contribution in [2.75, 3.05) is 0 Å². The smallest absolute Gasteiger partial charge is 0.336 e. The number of ether oxygens (including phenoxy) is 1. The van der Waals surface area contributed by atoms with Crippen molar-refractivity contribution < 1.29 is 19.8 Å². The molecule has 1 amide bonds. The lowest BCUT2D eigenvalue weighted by Crippen LogP contribution is -2.20. The third kappa shape index (κ3) is 3.53. The summed E-state index contributed by atoms with van der Waals surface area (Å²) in [4.78, 5) is 11.8. The Bertz CT molecular complexity index is 699. The second kappa shape index (κ2) is 5.85. The predicted molar refractivity (Wildman–Crippen MR) is 91.9 cm³/mol. The number of carbonyl (C=O) groups excluding carboxylic acids is 1. The van der Waals surface area contributed by atoms with Crippen molar-refractivity contribution in [3.8, 4) is 5.75 Å². The minimum atomic E-state index is -0.481. The van der Waals surface area contributed by atoms with Crippen LogP contribution in [0.4, 0.5) is 0 Å². The molecule has 3 N–H and O–H groups in total. The van der Waals surface area contributed by atoms with Crippen LogP contribution in [0.3, 0.4) is 0 Å². The zero-order valence-corrected chi connectivity index (χ0v) is 14.9. The summed E-state index contributed by atoms with van der Waals surface area (Å²) in [6.45, 7) is 12.1. The monoisotopic (exact) mass is 332 g/mol. The molecule has 0 aliphatic carbocycles. The van der Waals surface area contributed by atoms with Crippen molar-refractivity contribution >= 4 is 18.0 Å². The fourth-order valence-electron chi connectivity index (χ4n) is 2.51. The number of phenols is 1. The second-order valence-electron chi connectivity index (χ2n) is 7.93.